The summed E-state index contributed by atoms with van der Waals surface area (Å²) in [4.78, 5) is 104. The van der Waals surface area contributed by atoms with E-state index < -0.39 is 11.6 Å². The van der Waals surface area contributed by atoms with E-state index in [2.05, 4.69) is 66.0 Å². The summed E-state index contributed by atoms with van der Waals surface area (Å²) >= 11 is 0. The number of hydrogen-bond donors (Lipinski definition) is 2. The highest BCUT2D eigenvalue weighted by molar-refractivity contribution is 5.76. The molecule has 8 saturated carbocycles. The van der Waals surface area contributed by atoms with E-state index in [1.165, 1.54) is 27.7 Å². The van der Waals surface area contributed by atoms with Crippen molar-refractivity contribution in [3.05, 3.63) is 0 Å². The normalized spacial score (nSPS) is 44.9. The minimum absolute atomic E-state index is 0.00164. The predicted octanol–water partition coefficient (Wildman–Crippen LogP) is 10.7. The first-order chi connectivity index (χ1) is 36.9. The van der Waals surface area contributed by atoms with Gasteiger partial charge in [-0.15, -0.1) is 0 Å². The van der Waals surface area contributed by atoms with Gasteiger partial charge >= 0.3 is 23.9 Å². The summed E-state index contributed by atoms with van der Waals surface area (Å²) in [6.45, 7) is 25.3. The van der Waals surface area contributed by atoms with E-state index in [0.29, 0.717) is 77.3 Å². The van der Waals surface area contributed by atoms with Crippen molar-refractivity contribution in [1.29, 1.82) is 0 Å². The van der Waals surface area contributed by atoms with Gasteiger partial charge in [-0.3, -0.25) is 28.8 Å². The van der Waals surface area contributed by atoms with E-state index in [1.54, 1.807) is 0 Å². The van der Waals surface area contributed by atoms with Gasteiger partial charge in [0.1, 0.15) is 24.4 Å². The van der Waals surface area contributed by atoms with Crippen molar-refractivity contribution in [3.63, 3.8) is 0 Å². The van der Waals surface area contributed by atoms with Crippen LogP contribution in [0.2, 0.25) is 0 Å². The van der Waals surface area contributed by atoms with Gasteiger partial charge in [-0.25, -0.2) is 0 Å². The molecule has 2 N–H and O–H groups in total. The molecule has 0 aromatic carbocycles. The molecule has 0 radical (unpaired) electrons. The van der Waals surface area contributed by atoms with Gasteiger partial charge in [0.2, 0.25) is 23.4 Å². The minimum Gasteiger partial charge on any atom is -0.462 e. The van der Waals surface area contributed by atoms with Crippen molar-refractivity contribution in [1.82, 2.24) is 10.6 Å². The molecule has 0 aromatic heterocycles. The number of rotatable bonds is 16. The third kappa shape index (κ3) is 10.7. The number of amides is 2. The monoisotopic (exact) mass is 1090 g/mol. The average molecular weight is 1100 g/mol. The second-order valence-corrected chi connectivity index (χ2v) is 27.8. The highest BCUT2D eigenvalue weighted by Gasteiger charge is 2.72. The SMILES string of the molecule is CCCNC(=O)CCC(C)C1CCC2C3C(OC(C)=O)C[C@@H]4CC5(CC[C@]4(C)C3C[C@H](OC(C)=O)[C@]12C)OOC1(CC[C@]2(C)C3C[C@H](OC(C)=O)[C@]4(C)C(C(C)CCC(=O)NCCC)CCC4C3C(OC(C)=O)C[C@@H]2C1)OO5. The number of nitrogens with one attached hydrogen (secondary N) is 2. The summed E-state index contributed by atoms with van der Waals surface area (Å²) in [7, 11) is 0. The first-order valence-corrected chi connectivity index (χ1v) is 30.8. The summed E-state index contributed by atoms with van der Waals surface area (Å²) < 4.78 is 25.7. The van der Waals surface area contributed by atoms with Crippen molar-refractivity contribution in [3.8, 4) is 0 Å². The van der Waals surface area contributed by atoms with Gasteiger partial charge in [-0.2, -0.15) is 19.6 Å². The van der Waals surface area contributed by atoms with Crippen LogP contribution in [0.3, 0.4) is 0 Å². The Labute approximate surface area is 465 Å². The molecule has 16 heteroatoms. The summed E-state index contributed by atoms with van der Waals surface area (Å²) in [5, 5.41) is 6.07. The van der Waals surface area contributed by atoms with Crippen molar-refractivity contribution in [2.45, 2.75) is 247 Å². The van der Waals surface area contributed by atoms with E-state index in [1.807, 2.05) is 0 Å². The van der Waals surface area contributed by atoms with E-state index in [9.17, 15) is 28.8 Å². The van der Waals surface area contributed by atoms with E-state index in [0.717, 1.165) is 64.2 Å². The Morgan fingerprint density at radius 2 is 0.859 bits per heavy atom. The van der Waals surface area contributed by atoms with Crippen LogP contribution in [0.15, 0.2) is 0 Å². The molecule has 0 aromatic rings. The van der Waals surface area contributed by atoms with Crippen LogP contribution in [0.1, 0.15) is 212 Å². The Hall–Kier alpha value is -3.34. The second-order valence-electron chi connectivity index (χ2n) is 27.8. The van der Waals surface area contributed by atoms with Gasteiger partial charge < -0.3 is 29.6 Å². The maximum atomic E-state index is 13.1. The van der Waals surface area contributed by atoms with Crippen LogP contribution in [0.25, 0.3) is 0 Å². The van der Waals surface area contributed by atoms with Crippen LogP contribution in [0.5, 0.6) is 0 Å². The molecule has 0 bridgehead atoms. The molecule has 78 heavy (non-hydrogen) atoms. The molecule has 1 aliphatic heterocycles. The van der Waals surface area contributed by atoms with E-state index in [4.69, 9.17) is 38.5 Å². The van der Waals surface area contributed by atoms with Crippen LogP contribution in [0.4, 0.5) is 0 Å². The lowest BCUT2D eigenvalue weighted by molar-refractivity contribution is -0.667. The van der Waals surface area contributed by atoms with Crippen LogP contribution in [-0.4, -0.2) is 84.8 Å². The zero-order chi connectivity index (χ0) is 56.3. The maximum Gasteiger partial charge on any atom is 0.302 e. The average Bonchev–Trinajstić information content (AvgIpc) is 4.09. The highest BCUT2D eigenvalue weighted by atomic mass is 17.4. The second kappa shape index (κ2) is 22.8. The van der Waals surface area contributed by atoms with E-state index >= 15 is 0 Å². The summed E-state index contributed by atoms with van der Waals surface area (Å²) in [5.74, 6) is -1.96. The highest BCUT2D eigenvalue weighted by Crippen LogP contribution is 2.73. The molecule has 12 unspecified atom stereocenters. The van der Waals surface area contributed by atoms with Crippen LogP contribution >= 0.6 is 0 Å². The zero-order valence-electron chi connectivity index (χ0n) is 49.5. The molecule has 1 heterocycles. The predicted molar refractivity (Wildman–Crippen MR) is 287 cm³/mol. The number of carbonyl (C=O) groups is 6. The fourth-order valence-corrected chi connectivity index (χ4v) is 20.0. The minimum atomic E-state index is -1.20. The van der Waals surface area contributed by atoms with Crippen molar-refractivity contribution >= 4 is 35.7 Å². The van der Waals surface area contributed by atoms with E-state index in [-0.39, 0.29) is 153 Å². The topological polar surface area (TPSA) is 200 Å². The summed E-state index contributed by atoms with van der Waals surface area (Å²) in [6, 6.07) is 0. The lowest BCUT2D eigenvalue weighted by atomic mass is 9.42. The van der Waals surface area contributed by atoms with Gasteiger partial charge in [0.05, 0.1) is 0 Å². The molecule has 2 amide bonds. The summed E-state index contributed by atoms with van der Waals surface area (Å²) in [5.41, 5.74) is -1.18. The van der Waals surface area contributed by atoms with Gasteiger partial charge in [0.25, 0.3) is 0 Å². The molecular formula is C62H98N2O14. The first kappa shape index (κ1) is 59.3. The molecule has 8 aliphatic carbocycles. The van der Waals surface area contributed by atoms with Crippen molar-refractivity contribution in [2.24, 2.45) is 92.7 Å². The van der Waals surface area contributed by atoms with Crippen molar-refractivity contribution < 1.29 is 67.3 Å². The number of fused-ring (bicyclic) bond motifs is 10. The Morgan fingerprint density at radius 1 is 0.500 bits per heavy atom. The Morgan fingerprint density at radius 3 is 1.19 bits per heavy atom. The van der Waals surface area contributed by atoms with Gasteiger partial charge in [-0.1, -0.05) is 55.4 Å². The number of hydrogen-bond acceptors (Lipinski definition) is 14. The lowest BCUT2D eigenvalue weighted by Gasteiger charge is -2.66. The molecule has 9 rings (SSSR count). The molecule has 9 aliphatic rings. The number of esters is 4. The van der Waals surface area contributed by atoms with Crippen LogP contribution in [-0.2, 0) is 67.3 Å². The van der Waals surface area contributed by atoms with Crippen LogP contribution in [0, 0.1) is 92.7 Å². The molecule has 2 spiro atoms. The van der Waals surface area contributed by atoms with Gasteiger partial charge in [0.15, 0.2) is 0 Å². The lowest BCUT2D eigenvalue weighted by Crippen LogP contribution is -2.66. The number of carbonyl (C=O) groups excluding carboxylic acids is 6. The quantitative estimate of drug-likeness (QED) is 0.0840. The fraction of sp³-hybridized carbons (Fsp3) is 0.903. The first-order valence-electron chi connectivity index (χ1n) is 30.8. The molecule has 16 nitrogen and oxygen atoms in total. The third-order valence-corrected chi connectivity index (χ3v) is 23.7. The third-order valence-electron chi connectivity index (χ3n) is 23.7. The van der Waals surface area contributed by atoms with Crippen LogP contribution < -0.4 is 10.6 Å². The standard InChI is InChI=1S/C62H98N2O14/c1-13-27-63-53(69)21-15-35(3)43-17-19-45-55-47(31-51(59(43,45)11)73-39(7)67)57(9)23-25-61(33-41(57)29-49(55)71-37(5)65)75-77-62(78-76-61)26-24-58(10)42(34-62)30-50(72-38(6)66)56-46-20-18-44(36(4)16-22-54(70)64-28-14-2)60(46,12)52(32-48(56)58)74-40(8)68/h35-36,41-52,55-56H,13-34H2,1-12H3,(H,63,69)(H,64,70)/t35?,36?,41-,42-,43?,44?,45?,46?,47?,48?,49?,50?,51+,52+,55?,56?,57+,58+,59-,60-,61?,62?/m1/s1. The molecule has 20 atom stereocenters. The van der Waals surface area contributed by atoms with Gasteiger partial charge in [-0.05, 0) is 160 Å². The molecule has 9 fully saturated rings. The Kier molecular flexibility index (Phi) is 17.3. The molecule has 440 valence electrons. The molecular weight excluding hydrogens is 997 g/mol. The largest absolute Gasteiger partial charge is 0.462 e. The summed E-state index contributed by atoms with van der Waals surface area (Å²) in [6.07, 6.45) is 12.6. The Balaban J connectivity index is 0.912. The maximum absolute atomic E-state index is 13.1. The molecule has 1 saturated heterocycles. The van der Waals surface area contributed by atoms with Gasteiger partial charge in [0, 0.05) is 102 Å². The smallest absolute Gasteiger partial charge is 0.302 e. The zero-order valence-corrected chi connectivity index (χ0v) is 49.5. The van der Waals surface area contributed by atoms with Crippen molar-refractivity contribution in [2.75, 3.05) is 13.1 Å². The fourth-order valence-electron chi connectivity index (χ4n) is 20.0. The Bertz CT molecular complexity index is 2080. The number of ether oxygens (including phenoxy) is 4.